The number of rotatable bonds is 4. The molecule has 0 aromatic rings. The second kappa shape index (κ2) is 8.40. The van der Waals surface area contributed by atoms with Gasteiger partial charge >= 0.3 is 0 Å². The first-order valence-electron chi connectivity index (χ1n) is 4.15. The monoisotopic (exact) mass is 194 g/mol. The third-order valence-electron chi connectivity index (χ3n) is 1.41. The lowest BCUT2D eigenvalue weighted by atomic mass is 10.5. The van der Waals surface area contributed by atoms with E-state index < -0.39 is 0 Å². The molecule has 0 amide bonds. The van der Waals surface area contributed by atoms with Crippen LogP contribution in [0, 0.1) is 0 Å². The fraction of sp³-hybridized carbons (Fsp3) is 1.00. The van der Waals surface area contributed by atoms with Crippen LogP contribution in [0.5, 0.6) is 0 Å². The molecule has 2 N–H and O–H groups in total. The summed E-state index contributed by atoms with van der Waals surface area (Å²) < 4.78 is 15.1. The van der Waals surface area contributed by atoms with Crippen LogP contribution in [0.3, 0.4) is 0 Å². The van der Waals surface area contributed by atoms with E-state index >= 15 is 0 Å². The molecule has 0 aromatic heterocycles. The highest BCUT2D eigenvalue weighted by atomic mass is 16.6. The molecule has 2 atom stereocenters. The smallest absolute Gasteiger partial charge is 0.104 e. The Bertz CT molecular complexity index is 88.7. The summed E-state index contributed by atoms with van der Waals surface area (Å²) in [6.07, 6.45) is 0.785. The predicted octanol–water partition coefficient (Wildman–Crippen LogP) is -0.982. The van der Waals surface area contributed by atoms with Gasteiger partial charge in [-0.2, -0.15) is 0 Å². The molecule has 0 bridgehead atoms. The maximum Gasteiger partial charge on any atom is 0.104 e. The lowest BCUT2D eigenvalue weighted by molar-refractivity contribution is 0.102. The number of hydrogen-bond acceptors (Lipinski definition) is 5. The standard InChI is InChI=1S/C6H10O3.2CH4O/c1(5-3-8-5)7-2-6-4-9-6;2*1-2/h5-6H,1-4H2;2*2H,1H3. The van der Waals surface area contributed by atoms with Gasteiger partial charge in [0.05, 0.1) is 26.4 Å². The van der Waals surface area contributed by atoms with E-state index in [0.717, 1.165) is 40.6 Å². The van der Waals surface area contributed by atoms with Gasteiger partial charge in [-0.05, 0) is 0 Å². The fourth-order valence-electron chi connectivity index (χ4n) is 0.659. The average Bonchev–Trinajstić information content (AvgIpc) is 3.06. The van der Waals surface area contributed by atoms with Crippen molar-refractivity contribution >= 4 is 0 Å². The van der Waals surface area contributed by atoms with Crippen molar-refractivity contribution in [2.24, 2.45) is 0 Å². The van der Waals surface area contributed by atoms with Crippen LogP contribution in [0.25, 0.3) is 0 Å². The number of hydrogen-bond donors (Lipinski definition) is 2. The van der Waals surface area contributed by atoms with Gasteiger partial charge in [-0.3, -0.25) is 0 Å². The third-order valence-corrected chi connectivity index (χ3v) is 1.41. The number of aliphatic hydroxyl groups excluding tert-OH is 2. The van der Waals surface area contributed by atoms with Gasteiger partial charge in [0, 0.05) is 14.2 Å². The molecular formula is C8H18O5. The van der Waals surface area contributed by atoms with E-state index in [2.05, 4.69) is 0 Å². The summed E-state index contributed by atoms with van der Waals surface area (Å²) >= 11 is 0. The summed E-state index contributed by atoms with van der Waals surface area (Å²) in [4.78, 5) is 0. The largest absolute Gasteiger partial charge is 0.400 e. The summed E-state index contributed by atoms with van der Waals surface area (Å²) in [7, 11) is 2.00. The van der Waals surface area contributed by atoms with E-state index in [4.69, 9.17) is 24.4 Å². The van der Waals surface area contributed by atoms with Gasteiger partial charge in [0.1, 0.15) is 12.2 Å². The normalized spacial score (nSPS) is 27.7. The molecule has 2 rings (SSSR count). The van der Waals surface area contributed by atoms with Crippen molar-refractivity contribution in [2.45, 2.75) is 12.2 Å². The molecule has 5 heteroatoms. The maximum absolute atomic E-state index is 7.00. The summed E-state index contributed by atoms with van der Waals surface area (Å²) in [6, 6.07) is 0. The molecule has 2 saturated heterocycles. The Morgan fingerprint density at radius 2 is 1.31 bits per heavy atom. The number of aliphatic hydroxyl groups is 2. The van der Waals surface area contributed by atoms with E-state index in [1.807, 2.05) is 0 Å². The fourth-order valence-corrected chi connectivity index (χ4v) is 0.659. The Morgan fingerprint density at radius 1 is 1.00 bits per heavy atom. The second-order valence-corrected chi connectivity index (χ2v) is 2.45. The summed E-state index contributed by atoms with van der Waals surface area (Å²) in [5, 5.41) is 14.0. The molecule has 0 aliphatic carbocycles. The molecule has 0 spiro atoms. The quantitative estimate of drug-likeness (QED) is 0.562. The van der Waals surface area contributed by atoms with Gasteiger partial charge in [0.25, 0.3) is 0 Å². The Balaban J connectivity index is 0.000000322. The first-order chi connectivity index (χ1) is 6.45. The van der Waals surface area contributed by atoms with Crippen molar-refractivity contribution < 1.29 is 24.4 Å². The van der Waals surface area contributed by atoms with Crippen LogP contribution in [-0.4, -0.2) is 63.1 Å². The topological polar surface area (TPSA) is 74.8 Å². The highest BCUT2D eigenvalue weighted by Crippen LogP contribution is 2.12. The van der Waals surface area contributed by atoms with Crippen molar-refractivity contribution in [3.8, 4) is 0 Å². The van der Waals surface area contributed by atoms with Crippen LogP contribution < -0.4 is 0 Å². The molecule has 0 radical (unpaired) electrons. The molecule has 2 unspecified atom stereocenters. The third kappa shape index (κ3) is 8.14. The Kier molecular flexibility index (Phi) is 8.27. The maximum atomic E-state index is 7.00. The van der Waals surface area contributed by atoms with Crippen LogP contribution in [0.15, 0.2) is 0 Å². The summed E-state index contributed by atoms with van der Waals surface area (Å²) in [5.74, 6) is 0. The van der Waals surface area contributed by atoms with E-state index in [1.165, 1.54) is 0 Å². The van der Waals surface area contributed by atoms with Gasteiger partial charge in [-0.15, -0.1) is 0 Å². The molecule has 2 fully saturated rings. The van der Waals surface area contributed by atoms with Crippen LogP contribution >= 0.6 is 0 Å². The van der Waals surface area contributed by atoms with Crippen LogP contribution in [0.1, 0.15) is 0 Å². The van der Waals surface area contributed by atoms with Crippen molar-refractivity contribution in [1.82, 2.24) is 0 Å². The van der Waals surface area contributed by atoms with Gasteiger partial charge in [0.15, 0.2) is 0 Å². The average molecular weight is 194 g/mol. The van der Waals surface area contributed by atoms with Gasteiger partial charge in [-0.1, -0.05) is 0 Å². The zero-order valence-corrected chi connectivity index (χ0v) is 8.10. The lowest BCUT2D eigenvalue weighted by Crippen LogP contribution is -2.06. The lowest BCUT2D eigenvalue weighted by Gasteiger charge is -1.95. The predicted molar refractivity (Wildman–Crippen MR) is 46.6 cm³/mol. The summed E-state index contributed by atoms with van der Waals surface area (Å²) in [5.41, 5.74) is 0. The zero-order chi connectivity index (χ0) is 10.1. The minimum atomic E-state index is 0.392. The van der Waals surface area contributed by atoms with Crippen molar-refractivity contribution in [3.05, 3.63) is 0 Å². The van der Waals surface area contributed by atoms with Crippen molar-refractivity contribution in [1.29, 1.82) is 0 Å². The highest BCUT2D eigenvalue weighted by molar-refractivity contribution is 4.71. The van der Waals surface area contributed by atoms with E-state index in [9.17, 15) is 0 Å². The van der Waals surface area contributed by atoms with Crippen molar-refractivity contribution in [3.63, 3.8) is 0 Å². The minimum absolute atomic E-state index is 0.392. The zero-order valence-electron chi connectivity index (χ0n) is 8.10. The molecule has 2 aliphatic rings. The van der Waals surface area contributed by atoms with Gasteiger partial charge in [-0.25, -0.2) is 0 Å². The molecule has 0 aromatic carbocycles. The SMILES string of the molecule is C(OCC1CO1)C1CO1.CO.CO. The Morgan fingerprint density at radius 3 is 1.54 bits per heavy atom. The number of epoxide rings is 2. The molecule has 13 heavy (non-hydrogen) atoms. The molecule has 5 nitrogen and oxygen atoms in total. The Labute approximate surface area is 78.2 Å². The van der Waals surface area contributed by atoms with Crippen molar-refractivity contribution in [2.75, 3.05) is 40.6 Å². The van der Waals surface area contributed by atoms with Gasteiger partial charge in [0.2, 0.25) is 0 Å². The Hall–Kier alpha value is -0.200. The molecule has 2 aliphatic heterocycles. The molecular weight excluding hydrogens is 176 g/mol. The van der Waals surface area contributed by atoms with Crippen LogP contribution in [-0.2, 0) is 14.2 Å². The molecule has 2 heterocycles. The highest BCUT2D eigenvalue weighted by Gasteiger charge is 2.26. The van der Waals surface area contributed by atoms with Gasteiger partial charge < -0.3 is 24.4 Å². The van der Waals surface area contributed by atoms with Crippen LogP contribution in [0.2, 0.25) is 0 Å². The first-order valence-corrected chi connectivity index (χ1v) is 4.15. The molecule has 0 saturated carbocycles. The van der Waals surface area contributed by atoms with Crippen LogP contribution in [0.4, 0.5) is 0 Å². The molecule has 80 valence electrons. The minimum Gasteiger partial charge on any atom is -0.400 e. The van der Waals surface area contributed by atoms with E-state index in [0.29, 0.717) is 12.2 Å². The van der Waals surface area contributed by atoms with E-state index in [1.54, 1.807) is 0 Å². The summed E-state index contributed by atoms with van der Waals surface area (Å²) in [6.45, 7) is 3.26. The first kappa shape index (κ1) is 12.8. The second-order valence-electron chi connectivity index (χ2n) is 2.45. The van der Waals surface area contributed by atoms with E-state index in [-0.39, 0.29) is 0 Å². The number of ether oxygens (including phenoxy) is 3.